The van der Waals surface area contributed by atoms with E-state index < -0.39 is 16.5 Å². The first kappa shape index (κ1) is 19.8. The number of hydrogen-bond donors (Lipinski definition) is 1. The fourth-order valence-corrected chi connectivity index (χ4v) is 2.84. The lowest BCUT2D eigenvalue weighted by molar-refractivity contribution is -0.123. The van der Waals surface area contributed by atoms with Gasteiger partial charge in [-0.2, -0.15) is 0 Å². The molecule has 0 aliphatic heterocycles. The zero-order chi connectivity index (χ0) is 19.8. The van der Waals surface area contributed by atoms with E-state index in [1.54, 1.807) is 20.2 Å². The smallest absolute Gasteiger partial charge is 0.316 e. The van der Waals surface area contributed by atoms with Gasteiger partial charge in [0.2, 0.25) is 5.91 Å². The Labute approximate surface area is 153 Å². The minimum atomic E-state index is -0.594. The number of nitrogens with zero attached hydrogens (tertiary/aromatic N) is 3. The third-order valence-corrected chi connectivity index (χ3v) is 4.64. The highest BCUT2D eigenvalue weighted by atomic mass is 16.2. The molecule has 2 aromatic rings. The van der Waals surface area contributed by atoms with Crippen molar-refractivity contribution in [3.63, 3.8) is 0 Å². The summed E-state index contributed by atoms with van der Waals surface area (Å²) in [5.74, 6) is -0.111. The molecule has 0 bridgehead atoms. The summed E-state index contributed by atoms with van der Waals surface area (Å²) in [6.07, 6.45) is 0. The van der Waals surface area contributed by atoms with Gasteiger partial charge in [-0.1, -0.05) is 20.8 Å². The normalized spacial score (nSPS) is 11.7. The molecule has 0 unspecified atom stereocenters. The summed E-state index contributed by atoms with van der Waals surface area (Å²) in [4.78, 5) is 39.0. The maximum atomic E-state index is 12.5. The number of rotatable bonds is 4. The fraction of sp³-hybridized carbons (Fsp3) is 0.526. The quantitative estimate of drug-likeness (QED) is 0.847. The highest BCUT2D eigenvalue weighted by Gasteiger charge is 2.24. The van der Waals surface area contributed by atoms with Crippen LogP contribution in [0.5, 0.6) is 0 Å². The second-order valence-corrected chi connectivity index (χ2v) is 7.46. The maximum Gasteiger partial charge on any atom is 0.316 e. The highest BCUT2D eigenvalue weighted by Crippen LogP contribution is 2.31. The Morgan fingerprint density at radius 2 is 1.46 bits per heavy atom. The Kier molecular flexibility index (Phi) is 5.30. The van der Waals surface area contributed by atoms with E-state index >= 15 is 0 Å². The molecule has 0 spiro atoms. The van der Waals surface area contributed by atoms with Crippen LogP contribution in [0.15, 0.2) is 21.7 Å². The molecule has 0 aliphatic rings. The molecule has 1 aromatic heterocycles. The minimum Gasteiger partial charge on any atom is -0.370 e. The van der Waals surface area contributed by atoms with Crippen LogP contribution in [-0.4, -0.2) is 28.1 Å². The van der Waals surface area contributed by atoms with Crippen LogP contribution in [0.2, 0.25) is 0 Å². The van der Waals surface area contributed by atoms with Crippen LogP contribution in [-0.2, 0) is 18.9 Å². The van der Waals surface area contributed by atoms with Gasteiger partial charge in [-0.05, 0) is 26.0 Å². The molecular formula is C19H28N4O3. The van der Waals surface area contributed by atoms with Gasteiger partial charge in [-0.15, -0.1) is 0 Å². The van der Waals surface area contributed by atoms with Gasteiger partial charge in [0.05, 0.1) is 22.4 Å². The molecule has 7 nitrogen and oxygen atoms in total. The number of amides is 1. The van der Waals surface area contributed by atoms with Crippen LogP contribution in [0.1, 0.15) is 34.6 Å². The number of carbonyl (C=O) groups excluding carboxylic acids is 1. The summed E-state index contributed by atoms with van der Waals surface area (Å²) >= 11 is 0. The molecule has 7 heteroatoms. The van der Waals surface area contributed by atoms with Crippen molar-refractivity contribution in [1.29, 1.82) is 0 Å². The Bertz CT molecular complexity index is 960. The lowest BCUT2D eigenvalue weighted by atomic mass is 9.95. The van der Waals surface area contributed by atoms with Gasteiger partial charge >= 0.3 is 11.1 Å². The average Bonchev–Trinajstić information content (AvgIpc) is 2.58. The van der Waals surface area contributed by atoms with Crippen LogP contribution in [0, 0.1) is 5.41 Å². The van der Waals surface area contributed by atoms with E-state index in [1.165, 1.54) is 9.13 Å². The number of anilines is 2. The van der Waals surface area contributed by atoms with E-state index in [2.05, 4.69) is 10.2 Å². The first-order chi connectivity index (χ1) is 12.0. The lowest BCUT2D eigenvalue weighted by Crippen LogP contribution is -2.39. The van der Waals surface area contributed by atoms with Crippen LogP contribution < -0.4 is 21.3 Å². The van der Waals surface area contributed by atoms with Crippen LogP contribution in [0.3, 0.4) is 0 Å². The zero-order valence-corrected chi connectivity index (χ0v) is 16.6. The number of nitrogens with one attached hydrogen (secondary N) is 1. The summed E-state index contributed by atoms with van der Waals surface area (Å²) in [7, 11) is 3.16. The molecule has 0 atom stereocenters. The Morgan fingerprint density at radius 3 is 1.88 bits per heavy atom. The molecule has 0 saturated heterocycles. The Balaban J connectivity index is 2.84. The van der Waals surface area contributed by atoms with Gasteiger partial charge < -0.3 is 19.4 Å². The van der Waals surface area contributed by atoms with Crippen molar-refractivity contribution >= 4 is 28.3 Å². The van der Waals surface area contributed by atoms with Crippen LogP contribution in [0.4, 0.5) is 11.4 Å². The molecule has 0 radical (unpaired) electrons. The van der Waals surface area contributed by atoms with E-state index in [-0.39, 0.29) is 5.91 Å². The number of aromatic nitrogens is 2. The Morgan fingerprint density at radius 1 is 1.00 bits per heavy atom. The largest absolute Gasteiger partial charge is 0.370 e. The summed E-state index contributed by atoms with van der Waals surface area (Å²) in [6, 6.07) is 3.63. The summed E-state index contributed by atoms with van der Waals surface area (Å²) < 4.78 is 2.69. The molecular weight excluding hydrogens is 332 g/mol. The monoisotopic (exact) mass is 360 g/mol. The van der Waals surface area contributed by atoms with E-state index in [0.29, 0.717) is 16.7 Å². The van der Waals surface area contributed by atoms with Crippen molar-refractivity contribution in [3.05, 3.63) is 32.8 Å². The molecule has 0 fully saturated rings. The van der Waals surface area contributed by atoms with Gasteiger partial charge in [0.1, 0.15) is 0 Å². The van der Waals surface area contributed by atoms with Crippen molar-refractivity contribution < 1.29 is 4.79 Å². The van der Waals surface area contributed by atoms with Gasteiger partial charge in [-0.25, -0.2) is 0 Å². The standard InChI is InChI=1S/C19H28N4O3/c1-8-23(9-2)13-11-15-14(21(6)16(24)17(25)22(15)7)10-12(13)20-18(26)19(3,4)5/h10-11H,8-9H2,1-7H3,(H,20,26). The van der Waals surface area contributed by atoms with Crippen molar-refractivity contribution in [2.45, 2.75) is 34.6 Å². The van der Waals surface area contributed by atoms with Crippen LogP contribution >= 0.6 is 0 Å². The molecule has 1 heterocycles. The van der Waals surface area contributed by atoms with Gasteiger partial charge in [0.25, 0.3) is 0 Å². The molecule has 0 aliphatic carbocycles. The topological polar surface area (TPSA) is 76.3 Å². The number of aryl methyl sites for hydroxylation is 2. The minimum absolute atomic E-state index is 0.111. The molecule has 2 rings (SSSR count). The maximum absolute atomic E-state index is 12.5. The second kappa shape index (κ2) is 6.97. The third-order valence-electron chi connectivity index (χ3n) is 4.64. The molecule has 1 amide bonds. The lowest BCUT2D eigenvalue weighted by Gasteiger charge is -2.27. The fourth-order valence-electron chi connectivity index (χ4n) is 2.84. The molecule has 0 saturated carbocycles. The van der Waals surface area contributed by atoms with Crippen molar-refractivity contribution in [1.82, 2.24) is 9.13 Å². The van der Waals surface area contributed by atoms with E-state index in [9.17, 15) is 14.4 Å². The predicted octanol–water partition coefficient (Wildman–Crippen LogP) is 2.07. The molecule has 142 valence electrons. The molecule has 1 N–H and O–H groups in total. The first-order valence-electron chi connectivity index (χ1n) is 8.83. The third kappa shape index (κ3) is 3.38. The number of fused-ring (bicyclic) bond motifs is 1. The van der Waals surface area contributed by atoms with Crippen molar-refractivity contribution in [2.24, 2.45) is 19.5 Å². The van der Waals surface area contributed by atoms with Gasteiger partial charge in [-0.3, -0.25) is 14.4 Å². The summed E-state index contributed by atoms with van der Waals surface area (Å²) in [5.41, 5.74) is 0.986. The zero-order valence-electron chi connectivity index (χ0n) is 16.6. The summed E-state index contributed by atoms with van der Waals surface area (Å²) in [6.45, 7) is 11.1. The Hall–Kier alpha value is -2.57. The van der Waals surface area contributed by atoms with E-state index in [1.807, 2.05) is 40.7 Å². The number of carbonyl (C=O) groups is 1. The van der Waals surface area contributed by atoms with Crippen molar-refractivity contribution in [3.8, 4) is 0 Å². The molecule has 26 heavy (non-hydrogen) atoms. The van der Waals surface area contributed by atoms with E-state index in [0.717, 1.165) is 18.8 Å². The number of benzene rings is 1. The van der Waals surface area contributed by atoms with Crippen molar-refractivity contribution in [2.75, 3.05) is 23.3 Å². The van der Waals surface area contributed by atoms with Crippen LogP contribution in [0.25, 0.3) is 11.0 Å². The summed E-state index contributed by atoms with van der Waals surface area (Å²) in [5, 5.41) is 2.99. The highest BCUT2D eigenvalue weighted by molar-refractivity contribution is 6.00. The van der Waals surface area contributed by atoms with Gasteiger partial charge in [0, 0.05) is 32.6 Å². The first-order valence-corrected chi connectivity index (χ1v) is 8.83. The number of hydrogen-bond acceptors (Lipinski definition) is 4. The molecule has 1 aromatic carbocycles. The van der Waals surface area contributed by atoms with E-state index in [4.69, 9.17) is 0 Å². The SMILES string of the molecule is CCN(CC)c1cc2c(cc1NC(=O)C(C)(C)C)n(C)c(=O)c(=O)n2C. The predicted molar refractivity (Wildman–Crippen MR) is 106 cm³/mol. The van der Waals surface area contributed by atoms with Gasteiger partial charge in [0.15, 0.2) is 0 Å². The second-order valence-electron chi connectivity index (χ2n) is 7.46. The average molecular weight is 360 g/mol.